The second kappa shape index (κ2) is 8.20. The molecule has 2 heterocycles. The van der Waals surface area contributed by atoms with Gasteiger partial charge < -0.3 is 15.4 Å². The van der Waals surface area contributed by atoms with E-state index in [4.69, 9.17) is 10.5 Å². The molecule has 170 valence electrons. The Labute approximate surface area is 183 Å². The molecule has 0 aromatic heterocycles. The predicted octanol–water partition coefficient (Wildman–Crippen LogP) is 0.641. The molecule has 0 aliphatic carbocycles. The van der Waals surface area contributed by atoms with Gasteiger partial charge in [0.05, 0.1) is 11.6 Å². The molecular weight excluding hydrogens is 442 g/mol. The van der Waals surface area contributed by atoms with E-state index in [0.717, 1.165) is 29.7 Å². The lowest BCUT2D eigenvalue weighted by Gasteiger charge is -2.33. The highest BCUT2D eigenvalue weighted by atomic mass is 32.2. The number of rotatable bonds is 4. The number of nitrogens with zero attached hydrogens (tertiary/aromatic N) is 2. The van der Waals surface area contributed by atoms with Crippen LogP contribution in [0.25, 0.3) is 0 Å². The first-order valence-electron chi connectivity index (χ1n) is 9.42. The van der Waals surface area contributed by atoms with Crippen LogP contribution in [0.15, 0.2) is 36.1 Å². The largest absolute Gasteiger partial charge is 0.424 e. The van der Waals surface area contributed by atoms with Crippen LogP contribution in [0, 0.1) is 6.92 Å². The fraction of sp³-hybridized carbons (Fsp3) is 0.300. The van der Waals surface area contributed by atoms with Crippen LogP contribution in [0.4, 0.5) is 5.69 Å². The van der Waals surface area contributed by atoms with Crippen molar-refractivity contribution in [1.29, 1.82) is 0 Å². The summed E-state index contributed by atoms with van der Waals surface area (Å²) < 4.78 is 40.4. The van der Waals surface area contributed by atoms with Crippen LogP contribution in [-0.4, -0.2) is 53.0 Å². The zero-order chi connectivity index (χ0) is 24.0. The van der Waals surface area contributed by atoms with Crippen LogP contribution in [0.5, 0.6) is 5.75 Å². The van der Waals surface area contributed by atoms with E-state index in [1.165, 1.54) is 24.4 Å². The maximum absolute atomic E-state index is 13.4. The van der Waals surface area contributed by atoms with E-state index < -0.39 is 45.2 Å². The van der Waals surface area contributed by atoms with Crippen molar-refractivity contribution in [1.82, 2.24) is 4.90 Å². The number of nitrogens with two attached hydrogens (primary N) is 1. The minimum atomic E-state index is -4.95. The van der Waals surface area contributed by atoms with Crippen molar-refractivity contribution in [3.63, 3.8) is 0 Å². The summed E-state index contributed by atoms with van der Waals surface area (Å²) in [6.07, 6.45) is 3.59. The molecule has 32 heavy (non-hydrogen) atoms. The second-order valence-electron chi connectivity index (χ2n) is 7.42. The van der Waals surface area contributed by atoms with E-state index in [2.05, 4.69) is 0 Å². The fourth-order valence-corrected chi connectivity index (χ4v) is 5.02. The van der Waals surface area contributed by atoms with Crippen molar-refractivity contribution in [3.8, 4) is 5.75 Å². The molecule has 3 amide bonds. The molecule has 0 saturated heterocycles. The van der Waals surface area contributed by atoms with Crippen molar-refractivity contribution >= 4 is 39.5 Å². The van der Waals surface area contributed by atoms with E-state index in [-0.39, 0.29) is 23.4 Å². The monoisotopic (exact) mass is 463 g/mol. The van der Waals surface area contributed by atoms with E-state index in [1.807, 2.05) is 0 Å². The number of ether oxygens (including phenoxy) is 1. The first-order valence-corrected chi connectivity index (χ1v) is 10.9. The van der Waals surface area contributed by atoms with Crippen molar-refractivity contribution in [2.75, 3.05) is 4.90 Å². The molecule has 3 N–H and O–H groups in total. The minimum absolute atomic E-state index is 0.0976. The van der Waals surface area contributed by atoms with Gasteiger partial charge in [-0.3, -0.25) is 28.6 Å². The van der Waals surface area contributed by atoms with E-state index in [9.17, 15) is 32.1 Å². The van der Waals surface area contributed by atoms with Crippen LogP contribution in [0.3, 0.4) is 0 Å². The van der Waals surface area contributed by atoms with Crippen LogP contribution < -0.4 is 15.4 Å². The molecule has 1 aromatic carbocycles. The number of fused-ring (bicyclic) bond motifs is 2. The zero-order valence-electron chi connectivity index (χ0n) is 17.4. The average Bonchev–Trinajstić information content (AvgIpc) is 3.03. The zero-order valence-corrected chi connectivity index (χ0v) is 18.3. The van der Waals surface area contributed by atoms with Gasteiger partial charge in [0.15, 0.2) is 11.1 Å². The van der Waals surface area contributed by atoms with Crippen molar-refractivity contribution in [2.45, 2.75) is 38.6 Å². The van der Waals surface area contributed by atoms with Crippen LogP contribution in [0.2, 0.25) is 0 Å². The van der Waals surface area contributed by atoms with Gasteiger partial charge >= 0.3 is 5.97 Å². The quantitative estimate of drug-likeness (QED) is 0.284. The Kier molecular flexibility index (Phi) is 5.94. The van der Waals surface area contributed by atoms with E-state index in [1.54, 1.807) is 6.92 Å². The first-order chi connectivity index (χ1) is 14.8. The smallest absolute Gasteiger partial charge is 0.308 e. The number of carbonyl (C=O) groups excluding carboxylic acids is 4. The number of hydrogen-bond acceptors (Lipinski definition) is 7. The number of benzene rings is 1. The molecular formula is C20H21N3O8S. The number of hydrogen-bond donors (Lipinski definition) is 2. The van der Waals surface area contributed by atoms with Gasteiger partial charge in [0.2, 0.25) is 11.8 Å². The maximum Gasteiger partial charge on any atom is 0.308 e. The number of anilines is 1. The normalized spacial score (nSPS) is 20.5. The van der Waals surface area contributed by atoms with Crippen LogP contribution in [0.1, 0.15) is 36.2 Å². The molecule has 0 spiro atoms. The van der Waals surface area contributed by atoms with Crippen LogP contribution in [-0.2, 0) is 24.5 Å². The molecule has 0 fully saturated rings. The Morgan fingerprint density at radius 1 is 1.25 bits per heavy atom. The van der Waals surface area contributed by atoms with Gasteiger partial charge in [-0.15, -0.1) is 0 Å². The third-order valence-corrected chi connectivity index (χ3v) is 6.21. The van der Waals surface area contributed by atoms with Crippen molar-refractivity contribution in [3.05, 3.63) is 47.2 Å². The van der Waals surface area contributed by atoms with Crippen LogP contribution >= 0.6 is 0 Å². The first kappa shape index (κ1) is 23.2. The minimum Gasteiger partial charge on any atom is -0.424 e. The lowest BCUT2D eigenvalue weighted by Crippen LogP contribution is -2.54. The van der Waals surface area contributed by atoms with Gasteiger partial charge in [-0.2, -0.15) is 8.42 Å². The number of carbonyl (C=O) groups is 4. The molecule has 11 nitrogen and oxygen atoms in total. The molecule has 2 unspecified atom stereocenters. The lowest BCUT2D eigenvalue weighted by atomic mass is 10.1. The van der Waals surface area contributed by atoms with E-state index in [0.29, 0.717) is 11.1 Å². The SMILES string of the molecule is CC(=O)Oc1c(C)ccc2c1N(C(C)=O)C(S(=O)(=O)O)C1CC(C=CC(N)=O)=CN1C2=O. The number of primary amides is 1. The molecule has 2 aliphatic heterocycles. The summed E-state index contributed by atoms with van der Waals surface area (Å²) in [5.74, 6) is -3.14. The Bertz CT molecular complexity index is 1200. The second-order valence-corrected chi connectivity index (χ2v) is 8.93. The Hall–Kier alpha value is -3.51. The van der Waals surface area contributed by atoms with E-state index >= 15 is 0 Å². The standard InChI is InChI=1S/C20H21N3O8S/c1-10-4-6-14-17(18(10)31-12(3)25)23(11(2)24)20(32(28,29)30)15-8-13(5-7-16(21)26)9-22(15)19(14)27/h4-7,9,15,20H,8H2,1-3H3,(H2,21,26)(H,28,29,30). The number of esters is 1. The molecule has 0 radical (unpaired) electrons. The summed E-state index contributed by atoms with van der Waals surface area (Å²) in [6, 6.07) is 1.65. The van der Waals surface area contributed by atoms with Crippen molar-refractivity contribution in [2.24, 2.45) is 5.73 Å². The summed E-state index contributed by atoms with van der Waals surface area (Å²) >= 11 is 0. The summed E-state index contributed by atoms with van der Waals surface area (Å²) in [6.45, 7) is 3.74. The van der Waals surface area contributed by atoms with Crippen molar-refractivity contribution < 1.29 is 36.9 Å². The Balaban J connectivity index is 2.34. The Morgan fingerprint density at radius 3 is 2.44 bits per heavy atom. The summed E-state index contributed by atoms with van der Waals surface area (Å²) in [7, 11) is -4.95. The number of aryl methyl sites for hydroxylation is 1. The van der Waals surface area contributed by atoms with Gasteiger partial charge in [0, 0.05) is 26.1 Å². The highest BCUT2D eigenvalue weighted by molar-refractivity contribution is 7.86. The van der Waals surface area contributed by atoms with Gasteiger partial charge in [-0.1, -0.05) is 12.1 Å². The van der Waals surface area contributed by atoms with Gasteiger partial charge in [-0.05, 0) is 30.5 Å². The molecule has 12 heteroatoms. The molecule has 0 bridgehead atoms. The van der Waals surface area contributed by atoms with Gasteiger partial charge in [0.25, 0.3) is 16.0 Å². The predicted molar refractivity (Wildman–Crippen MR) is 112 cm³/mol. The highest BCUT2D eigenvalue weighted by Gasteiger charge is 2.50. The fourth-order valence-electron chi connectivity index (χ4n) is 3.88. The molecule has 3 rings (SSSR count). The topological polar surface area (TPSA) is 164 Å². The van der Waals surface area contributed by atoms with Gasteiger partial charge in [0.1, 0.15) is 5.69 Å². The molecule has 2 atom stereocenters. The summed E-state index contributed by atoms with van der Waals surface area (Å²) in [4.78, 5) is 50.7. The molecule has 0 saturated carbocycles. The maximum atomic E-state index is 13.4. The number of amides is 3. The summed E-state index contributed by atoms with van der Waals surface area (Å²) in [5.41, 5.74) is 5.53. The average molecular weight is 463 g/mol. The third-order valence-electron chi connectivity index (χ3n) is 5.08. The summed E-state index contributed by atoms with van der Waals surface area (Å²) in [5, 5.41) is -1.91. The lowest BCUT2D eigenvalue weighted by molar-refractivity contribution is -0.132. The third kappa shape index (κ3) is 4.14. The Morgan fingerprint density at radius 2 is 1.91 bits per heavy atom. The molecule has 1 aromatic rings. The highest BCUT2D eigenvalue weighted by Crippen LogP contribution is 2.44. The van der Waals surface area contributed by atoms with Gasteiger partial charge in [-0.25, -0.2) is 0 Å². The molecule has 2 aliphatic rings. The number of allylic oxidation sites excluding steroid dienone is 1.